The third-order valence-corrected chi connectivity index (χ3v) is 4.89. The fourth-order valence-corrected chi connectivity index (χ4v) is 3.09. The lowest BCUT2D eigenvalue weighted by Crippen LogP contribution is -2.47. The summed E-state index contributed by atoms with van der Waals surface area (Å²) < 4.78 is 10.7. The number of hydrogen-bond acceptors (Lipinski definition) is 4. The fraction of sp³-hybridized carbons (Fsp3) is 0.625. The number of carbonyl (C=O) groups excluding carboxylic acids is 2. The standard InChI is InChI=1S/C16H22BrNO4/c1-9-5-4-6-12(10(9)2)18-15(19)11(3)21-16(20)13-7-8-14(17)22-13/h7-12H,4-6H2,1-3H3,(H,18,19)/t9-,10-,11-,12+/m1/s1. The van der Waals surface area contributed by atoms with Crippen molar-refractivity contribution in [3.8, 4) is 0 Å². The summed E-state index contributed by atoms with van der Waals surface area (Å²) in [5.74, 6) is 0.202. The van der Waals surface area contributed by atoms with Gasteiger partial charge >= 0.3 is 5.97 Å². The Hall–Kier alpha value is -1.30. The van der Waals surface area contributed by atoms with Gasteiger partial charge in [-0.2, -0.15) is 0 Å². The lowest BCUT2D eigenvalue weighted by atomic mass is 9.78. The number of halogens is 1. The molecule has 1 amide bonds. The third kappa shape index (κ3) is 4.12. The van der Waals surface area contributed by atoms with Crippen LogP contribution in [0.25, 0.3) is 0 Å². The monoisotopic (exact) mass is 371 g/mol. The lowest BCUT2D eigenvalue weighted by Gasteiger charge is -2.35. The van der Waals surface area contributed by atoms with Gasteiger partial charge in [-0.1, -0.05) is 26.7 Å². The van der Waals surface area contributed by atoms with Gasteiger partial charge in [0.05, 0.1) is 0 Å². The van der Waals surface area contributed by atoms with Crippen LogP contribution in [0.5, 0.6) is 0 Å². The lowest BCUT2D eigenvalue weighted by molar-refractivity contribution is -0.130. The second-order valence-corrected chi connectivity index (χ2v) is 6.82. The second kappa shape index (κ2) is 7.31. The van der Waals surface area contributed by atoms with E-state index in [1.54, 1.807) is 13.0 Å². The van der Waals surface area contributed by atoms with Crippen molar-refractivity contribution in [2.45, 2.75) is 52.2 Å². The Bertz CT molecular complexity index is 542. The molecule has 1 aliphatic carbocycles. The highest BCUT2D eigenvalue weighted by Crippen LogP contribution is 2.29. The molecule has 22 heavy (non-hydrogen) atoms. The average Bonchev–Trinajstić information content (AvgIpc) is 2.90. The van der Waals surface area contributed by atoms with Crippen LogP contribution in [-0.2, 0) is 9.53 Å². The highest BCUT2D eigenvalue weighted by atomic mass is 79.9. The van der Waals surface area contributed by atoms with Gasteiger partial charge in [0.2, 0.25) is 5.76 Å². The van der Waals surface area contributed by atoms with Crippen LogP contribution in [0, 0.1) is 11.8 Å². The van der Waals surface area contributed by atoms with Crippen molar-refractivity contribution >= 4 is 27.8 Å². The predicted molar refractivity (Wildman–Crippen MR) is 85.4 cm³/mol. The molecule has 0 spiro atoms. The van der Waals surface area contributed by atoms with Crippen molar-refractivity contribution < 1.29 is 18.7 Å². The highest BCUT2D eigenvalue weighted by molar-refractivity contribution is 9.10. The Morgan fingerprint density at radius 2 is 2.09 bits per heavy atom. The summed E-state index contributed by atoms with van der Waals surface area (Å²) in [6.07, 6.45) is 2.44. The summed E-state index contributed by atoms with van der Waals surface area (Å²) in [4.78, 5) is 24.1. The van der Waals surface area contributed by atoms with Crippen molar-refractivity contribution in [3.63, 3.8) is 0 Å². The van der Waals surface area contributed by atoms with E-state index in [2.05, 4.69) is 35.1 Å². The zero-order valence-electron chi connectivity index (χ0n) is 13.1. The molecule has 0 aliphatic heterocycles. The van der Waals surface area contributed by atoms with Crippen LogP contribution in [-0.4, -0.2) is 24.0 Å². The summed E-state index contributed by atoms with van der Waals surface area (Å²) in [6.45, 7) is 5.94. The van der Waals surface area contributed by atoms with Crippen LogP contribution in [0.15, 0.2) is 21.2 Å². The van der Waals surface area contributed by atoms with E-state index >= 15 is 0 Å². The van der Waals surface area contributed by atoms with Gasteiger partial charge in [0.1, 0.15) is 0 Å². The summed E-state index contributed by atoms with van der Waals surface area (Å²) in [6, 6.07) is 3.25. The van der Waals surface area contributed by atoms with E-state index in [9.17, 15) is 9.59 Å². The van der Waals surface area contributed by atoms with Crippen LogP contribution < -0.4 is 5.32 Å². The van der Waals surface area contributed by atoms with Crippen LogP contribution in [0.4, 0.5) is 0 Å². The van der Waals surface area contributed by atoms with Crippen molar-refractivity contribution in [2.75, 3.05) is 0 Å². The molecule has 1 saturated carbocycles. The topological polar surface area (TPSA) is 68.5 Å². The SMILES string of the molecule is C[C@@H]1[C@H](C)CCC[C@@H]1NC(=O)[C@@H](C)OC(=O)c1ccc(Br)o1. The molecule has 5 nitrogen and oxygen atoms in total. The Labute approximate surface area is 138 Å². The van der Waals surface area contributed by atoms with Gasteiger partial charge in [-0.3, -0.25) is 4.79 Å². The van der Waals surface area contributed by atoms with Gasteiger partial charge in [-0.05, 0) is 53.2 Å². The van der Waals surface area contributed by atoms with Gasteiger partial charge in [-0.25, -0.2) is 4.79 Å². The highest BCUT2D eigenvalue weighted by Gasteiger charge is 2.30. The van der Waals surface area contributed by atoms with E-state index in [0.717, 1.165) is 12.8 Å². The maximum Gasteiger partial charge on any atom is 0.375 e. The molecule has 1 fully saturated rings. The molecule has 1 aromatic heterocycles. The van der Waals surface area contributed by atoms with Crippen LogP contribution in [0.2, 0.25) is 0 Å². The van der Waals surface area contributed by atoms with Gasteiger partial charge < -0.3 is 14.5 Å². The van der Waals surface area contributed by atoms with Crippen molar-refractivity contribution in [3.05, 3.63) is 22.6 Å². The smallest absolute Gasteiger partial charge is 0.375 e. The molecule has 2 rings (SSSR count). The normalized spacial score (nSPS) is 26.3. The Morgan fingerprint density at radius 3 is 2.73 bits per heavy atom. The Morgan fingerprint density at radius 1 is 1.36 bits per heavy atom. The molecule has 0 bridgehead atoms. The molecule has 1 aromatic rings. The van der Waals surface area contributed by atoms with E-state index in [0.29, 0.717) is 16.5 Å². The number of esters is 1. The molecule has 0 radical (unpaired) electrons. The minimum atomic E-state index is -0.846. The van der Waals surface area contributed by atoms with Crippen molar-refractivity contribution in [2.24, 2.45) is 11.8 Å². The third-order valence-electron chi connectivity index (χ3n) is 4.46. The summed E-state index contributed by atoms with van der Waals surface area (Å²) in [7, 11) is 0. The van der Waals surface area contributed by atoms with Crippen molar-refractivity contribution in [1.29, 1.82) is 0 Å². The average molecular weight is 372 g/mol. The van der Waals surface area contributed by atoms with Gasteiger partial charge in [0, 0.05) is 6.04 Å². The van der Waals surface area contributed by atoms with Gasteiger partial charge in [0.15, 0.2) is 10.8 Å². The Balaban J connectivity index is 1.88. The molecule has 0 unspecified atom stereocenters. The molecule has 0 aromatic carbocycles. The first kappa shape index (κ1) is 17.1. The summed E-state index contributed by atoms with van der Waals surface area (Å²) >= 11 is 3.12. The molecule has 1 heterocycles. The molecule has 6 heteroatoms. The van der Waals surface area contributed by atoms with Gasteiger partial charge in [0.25, 0.3) is 5.91 Å². The molecule has 122 valence electrons. The molecule has 4 atom stereocenters. The molecule has 1 aliphatic rings. The minimum absolute atomic E-state index is 0.0752. The summed E-state index contributed by atoms with van der Waals surface area (Å²) in [5, 5.41) is 3.00. The second-order valence-electron chi connectivity index (χ2n) is 6.03. The number of hydrogen-bond donors (Lipinski definition) is 1. The first-order chi connectivity index (χ1) is 10.4. The predicted octanol–water partition coefficient (Wildman–Crippen LogP) is 3.53. The molecular weight excluding hydrogens is 350 g/mol. The zero-order chi connectivity index (χ0) is 16.3. The summed E-state index contributed by atoms with van der Waals surface area (Å²) in [5.41, 5.74) is 0. The van der Waals surface area contributed by atoms with Crippen LogP contribution in [0.3, 0.4) is 0 Å². The van der Waals surface area contributed by atoms with Crippen molar-refractivity contribution in [1.82, 2.24) is 5.32 Å². The van der Waals surface area contributed by atoms with E-state index in [4.69, 9.17) is 9.15 Å². The van der Waals surface area contributed by atoms with Crippen LogP contribution >= 0.6 is 15.9 Å². The van der Waals surface area contributed by atoms with Gasteiger partial charge in [-0.15, -0.1) is 0 Å². The molecule has 1 N–H and O–H groups in total. The molecular formula is C16H22BrNO4. The maximum atomic E-state index is 12.2. The largest absolute Gasteiger partial charge is 0.447 e. The number of nitrogens with one attached hydrogen (secondary N) is 1. The Kier molecular flexibility index (Phi) is 5.67. The molecule has 0 saturated heterocycles. The van der Waals surface area contributed by atoms with E-state index in [1.807, 2.05) is 0 Å². The fourth-order valence-electron chi connectivity index (χ4n) is 2.78. The first-order valence-corrected chi connectivity index (χ1v) is 8.44. The van der Waals surface area contributed by atoms with E-state index in [-0.39, 0.29) is 17.7 Å². The first-order valence-electron chi connectivity index (χ1n) is 7.65. The number of rotatable bonds is 4. The van der Waals surface area contributed by atoms with Crippen LogP contribution in [0.1, 0.15) is 50.6 Å². The number of furan rings is 1. The quantitative estimate of drug-likeness (QED) is 0.821. The van der Waals surface area contributed by atoms with E-state index < -0.39 is 12.1 Å². The maximum absolute atomic E-state index is 12.2. The number of ether oxygens (including phenoxy) is 1. The number of carbonyl (C=O) groups is 2. The minimum Gasteiger partial charge on any atom is -0.447 e. The number of amides is 1. The zero-order valence-corrected chi connectivity index (χ0v) is 14.7. The van der Waals surface area contributed by atoms with E-state index in [1.165, 1.54) is 12.5 Å².